The van der Waals surface area contributed by atoms with E-state index in [4.69, 9.17) is 5.11 Å². The van der Waals surface area contributed by atoms with Crippen molar-refractivity contribution >= 4 is 0 Å². The summed E-state index contributed by atoms with van der Waals surface area (Å²) in [5, 5.41) is 17.8. The van der Waals surface area contributed by atoms with E-state index in [9.17, 15) is 5.11 Å². The summed E-state index contributed by atoms with van der Waals surface area (Å²) < 4.78 is 0. The Morgan fingerprint density at radius 2 is 2.08 bits per heavy atom. The summed E-state index contributed by atoms with van der Waals surface area (Å²) in [6.07, 6.45) is 3.12. The van der Waals surface area contributed by atoms with Crippen LogP contribution >= 0.6 is 0 Å². The first-order valence-corrected chi connectivity index (χ1v) is 5.25. The van der Waals surface area contributed by atoms with E-state index in [1.165, 1.54) is 6.42 Å². The molecule has 0 radical (unpaired) electrons. The average molecular weight is 187 g/mol. The lowest BCUT2D eigenvalue weighted by Gasteiger charge is -2.24. The molecule has 78 valence electrons. The van der Waals surface area contributed by atoms with Gasteiger partial charge in [0.15, 0.2) is 0 Å². The molecule has 2 N–H and O–H groups in total. The van der Waals surface area contributed by atoms with Crippen LogP contribution in [0.1, 0.15) is 26.2 Å². The molecule has 0 aromatic rings. The van der Waals surface area contributed by atoms with Crippen molar-refractivity contribution in [3.63, 3.8) is 0 Å². The molecule has 0 aromatic heterocycles. The molecule has 1 saturated heterocycles. The fourth-order valence-electron chi connectivity index (χ4n) is 2.09. The molecule has 1 aliphatic heterocycles. The SMILES string of the molecule is CC1CCN(CCCCO)C1CO. The Hall–Kier alpha value is -0.120. The number of rotatable bonds is 5. The second-order valence-electron chi connectivity index (χ2n) is 3.98. The quantitative estimate of drug-likeness (QED) is 0.615. The lowest BCUT2D eigenvalue weighted by Crippen LogP contribution is -2.35. The first-order valence-electron chi connectivity index (χ1n) is 5.25. The topological polar surface area (TPSA) is 43.7 Å². The normalized spacial score (nSPS) is 29.8. The van der Waals surface area contributed by atoms with Crippen LogP contribution in [-0.2, 0) is 0 Å². The van der Waals surface area contributed by atoms with Gasteiger partial charge in [0.25, 0.3) is 0 Å². The molecule has 0 amide bonds. The average Bonchev–Trinajstić information content (AvgIpc) is 2.47. The molecule has 0 saturated carbocycles. The second kappa shape index (κ2) is 5.58. The number of likely N-dealkylation sites (tertiary alicyclic amines) is 1. The smallest absolute Gasteiger partial charge is 0.0589 e. The molecule has 0 aromatic carbocycles. The molecule has 3 heteroatoms. The van der Waals surface area contributed by atoms with Crippen molar-refractivity contribution in [1.29, 1.82) is 0 Å². The molecule has 2 unspecified atom stereocenters. The van der Waals surface area contributed by atoms with E-state index in [0.717, 1.165) is 25.9 Å². The van der Waals surface area contributed by atoms with Crippen LogP contribution in [0.5, 0.6) is 0 Å². The number of hydrogen-bond acceptors (Lipinski definition) is 3. The zero-order valence-electron chi connectivity index (χ0n) is 8.45. The van der Waals surface area contributed by atoms with Gasteiger partial charge < -0.3 is 10.2 Å². The van der Waals surface area contributed by atoms with Crippen LogP contribution in [-0.4, -0.2) is 47.5 Å². The van der Waals surface area contributed by atoms with E-state index < -0.39 is 0 Å². The summed E-state index contributed by atoms with van der Waals surface area (Å²) in [4.78, 5) is 2.35. The fraction of sp³-hybridized carbons (Fsp3) is 1.00. The molecule has 1 heterocycles. The summed E-state index contributed by atoms with van der Waals surface area (Å²) in [6.45, 7) is 4.90. The second-order valence-corrected chi connectivity index (χ2v) is 3.98. The van der Waals surface area contributed by atoms with Crippen molar-refractivity contribution in [3.05, 3.63) is 0 Å². The Kier molecular flexibility index (Phi) is 4.70. The third-order valence-corrected chi connectivity index (χ3v) is 3.04. The van der Waals surface area contributed by atoms with E-state index in [1.807, 2.05) is 0 Å². The summed E-state index contributed by atoms with van der Waals surface area (Å²) in [7, 11) is 0. The van der Waals surface area contributed by atoms with Crippen LogP contribution in [0.15, 0.2) is 0 Å². The van der Waals surface area contributed by atoms with Gasteiger partial charge in [0.2, 0.25) is 0 Å². The lowest BCUT2D eigenvalue weighted by atomic mass is 10.0. The van der Waals surface area contributed by atoms with Gasteiger partial charge in [-0.1, -0.05) is 6.92 Å². The van der Waals surface area contributed by atoms with Crippen LogP contribution in [0.2, 0.25) is 0 Å². The van der Waals surface area contributed by atoms with Gasteiger partial charge in [0.1, 0.15) is 0 Å². The molecule has 1 fully saturated rings. The van der Waals surface area contributed by atoms with Crippen molar-refractivity contribution in [1.82, 2.24) is 4.90 Å². The zero-order valence-corrected chi connectivity index (χ0v) is 8.45. The Morgan fingerprint density at radius 1 is 1.31 bits per heavy atom. The highest BCUT2D eigenvalue weighted by Gasteiger charge is 2.29. The van der Waals surface area contributed by atoms with Crippen molar-refractivity contribution in [3.8, 4) is 0 Å². The number of nitrogens with zero attached hydrogens (tertiary/aromatic N) is 1. The maximum atomic E-state index is 9.17. The Morgan fingerprint density at radius 3 is 2.69 bits per heavy atom. The summed E-state index contributed by atoms with van der Waals surface area (Å²) in [6, 6.07) is 0.360. The third-order valence-electron chi connectivity index (χ3n) is 3.04. The predicted octanol–water partition coefficient (Wildman–Crippen LogP) is 0.462. The minimum Gasteiger partial charge on any atom is -0.396 e. The van der Waals surface area contributed by atoms with Crippen LogP contribution in [0, 0.1) is 5.92 Å². The van der Waals surface area contributed by atoms with Crippen LogP contribution in [0.3, 0.4) is 0 Å². The number of aliphatic hydroxyl groups is 2. The molecule has 0 spiro atoms. The zero-order chi connectivity index (χ0) is 9.68. The molecule has 1 aliphatic rings. The maximum Gasteiger partial charge on any atom is 0.0589 e. The minimum atomic E-state index is 0.278. The predicted molar refractivity (Wildman–Crippen MR) is 52.5 cm³/mol. The number of unbranched alkanes of at least 4 members (excludes halogenated alkanes) is 1. The van der Waals surface area contributed by atoms with Gasteiger partial charge in [0, 0.05) is 12.6 Å². The molecule has 13 heavy (non-hydrogen) atoms. The highest BCUT2D eigenvalue weighted by molar-refractivity contribution is 4.83. The van der Waals surface area contributed by atoms with Crippen molar-refractivity contribution < 1.29 is 10.2 Å². The van der Waals surface area contributed by atoms with Gasteiger partial charge in [-0.2, -0.15) is 0 Å². The first-order chi connectivity index (χ1) is 6.29. The highest BCUT2D eigenvalue weighted by Crippen LogP contribution is 2.23. The van der Waals surface area contributed by atoms with Crippen molar-refractivity contribution in [2.75, 3.05) is 26.3 Å². The summed E-state index contributed by atoms with van der Waals surface area (Å²) in [5.41, 5.74) is 0. The van der Waals surface area contributed by atoms with Crippen LogP contribution in [0.4, 0.5) is 0 Å². The Balaban J connectivity index is 2.24. The number of aliphatic hydroxyl groups excluding tert-OH is 2. The Bertz CT molecular complexity index is 141. The fourth-order valence-corrected chi connectivity index (χ4v) is 2.09. The van der Waals surface area contributed by atoms with E-state index in [1.54, 1.807) is 0 Å². The van der Waals surface area contributed by atoms with Gasteiger partial charge in [0.05, 0.1) is 6.61 Å². The van der Waals surface area contributed by atoms with Gasteiger partial charge in [-0.05, 0) is 38.3 Å². The maximum absolute atomic E-state index is 9.17. The molecule has 0 bridgehead atoms. The molecule has 3 nitrogen and oxygen atoms in total. The van der Waals surface area contributed by atoms with Crippen molar-refractivity contribution in [2.24, 2.45) is 5.92 Å². The van der Waals surface area contributed by atoms with Crippen LogP contribution < -0.4 is 0 Å². The van der Waals surface area contributed by atoms with Gasteiger partial charge in [-0.15, -0.1) is 0 Å². The first kappa shape index (κ1) is 11.0. The Labute approximate surface area is 80.4 Å². The van der Waals surface area contributed by atoms with Gasteiger partial charge >= 0.3 is 0 Å². The molecule has 0 aliphatic carbocycles. The van der Waals surface area contributed by atoms with E-state index in [0.29, 0.717) is 12.0 Å². The lowest BCUT2D eigenvalue weighted by molar-refractivity contribution is 0.135. The molecule has 2 atom stereocenters. The van der Waals surface area contributed by atoms with E-state index in [2.05, 4.69) is 11.8 Å². The number of hydrogen-bond donors (Lipinski definition) is 2. The largest absolute Gasteiger partial charge is 0.396 e. The molecular weight excluding hydrogens is 166 g/mol. The minimum absolute atomic E-state index is 0.278. The van der Waals surface area contributed by atoms with E-state index >= 15 is 0 Å². The molecular formula is C10H21NO2. The van der Waals surface area contributed by atoms with E-state index in [-0.39, 0.29) is 13.2 Å². The van der Waals surface area contributed by atoms with Crippen LogP contribution in [0.25, 0.3) is 0 Å². The van der Waals surface area contributed by atoms with Gasteiger partial charge in [-0.25, -0.2) is 0 Å². The summed E-state index contributed by atoms with van der Waals surface area (Å²) >= 11 is 0. The monoisotopic (exact) mass is 187 g/mol. The summed E-state index contributed by atoms with van der Waals surface area (Å²) in [5.74, 6) is 0.624. The third kappa shape index (κ3) is 2.93. The standard InChI is InChI=1S/C10H21NO2/c1-9-4-6-11(10(9)8-13)5-2-3-7-12/h9-10,12-13H,2-8H2,1H3. The van der Waals surface area contributed by atoms with Gasteiger partial charge in [-0.3, -0.25) is 4.90 Å². The molecule has 1 rings (SSSR count). The van der Waals surface area contributed by atoms with Crippen molar-refractivity contribution in [2.45, 2.75) is 32.2 Å². The highest BCUT2D eigenvalue weighted by atomic mass is 16.3.